The number of esters is 1. The van der Waals surface area contributed by atoms with Gasteiger partial charge in [0.1, 0.15) is 0 Å². The third-order valence-corrected chi connectivity index (χ3v) is 5.62. The van der Waals surface area contributed by atoms with Crippen molar-refractivity contribution >= 4 is 39.9 Å². The zero-order valence-corrected chi connectivity index (χ0v) is 19.5. The van der Waals surface area contributed by atoms with Gasteiger partial charge in [0, 0.05) is 42.2 Å². The number of hydrogen-bond acceptors (Lipinski definition) is 6. The lowest BCUT2D eigenvalue weighted by Crippen LogP contribution is -2.33. The van der Waals surface area contributed by atoms with E-state index in [1.54, 1.807) is 23.1 Å². The molecule has 0 saturated heterocycles. The molecular formula is C27H26N4O4. The molecule has 3 aromatic carbocycles. The minimum Gasteiger partial charge on any atom is -0.494 e. The van der Waals surface area contributed by atoms with E-state index in [1.165, 1.54) is 14.0 Å². The Morgan fingerprint density at radius 2 is 1.74 bits per heavy atom. The molecule has 0 radical (unpaired) electrons. The second-order valence-electron chi connectivity index (χ2n) is 7.90. The highest BCUT2D eigenvalue weighted by Gasteiger charge is 2.20. The monoisotopic (exact) mass is 470 g/mol. The molecule has 178 valence electrons. The first kappa shape index (κ1) is 23.7. The summed E-state index contributed by atoms with van der Waals surface area (Å²) in [6.45, 7) is 2.28. The van der Waals surface area contributed by atoms with Crippen LogP contribution in [-0.4, -0.2) is 47.9 Å². The number of carbonyl (C=O) groups is 2. The second-order valence-corrected chi connectivity index (χ2v) is 7.90. The molecule has 1 heterocycles. The Kier molecular flexibility index (Phi) is 6.93. The Bertz CT molecular complexity index is 1390. The summed E-state index contributed by atoms with van der Waals surface area (Å²) in [6.07, 6.45) is 0. The highest BCUT2D eigenvalue weighted by Crippen LogP contribution is 2.32. The summed E-state index contributed by atoms with van der Waals surface area (Å²) in [4.78, 5) is 33.3. The Balaban J connectivity index is 1.83. The van der Waals surface area contributed by atoms with E-state index >= 15 is 0 Å². The number of anilines is 1. The van der Waals surface area contributed by atoms with E-state index in [9.17, 15) is 14.7 Å². The van der Waals surface area contributed by atoms with Gasteiger partial charge in [-0.15, -0.1) is 0 Å². The summed E-state index contributed by atoms with van der Waals surface area (Å²) in [5.41, 5.74) is 9.84. The van der Waals surface area contributed by atoms with E-state index in [2.05, 4.69) is 4.98 Å². The summed E-state index contributed by atoms with van der Waals surface area (Å²) < 4.78 is 4.80. The first-order valence-electron chi connectivity index (χ1n) is 11.1. The number of benzene rings is 3. The molecule has 4 rings (SSSR count). The first-order valence-corrected chi connectivity index (χ1v) is 11.1. The molecule has 0 aliphatic rings. The number of aromatic nitrogens is 1. The lowest BCUT2D eigenvalue weighted by atomic mass is 10.00. The molecule has 0 spiro atoms. The van der Waals surface area contributed by atoms with Gasteiger partial charge in [-0.3, -0.25) is 4.79 Å². The molecule has 1 amide bonds. The molecule has 0 bridgehead atoms. The van der Waals surface area contributed by atoms with Crippen LogP contribution in [0.25, 0.3) is 10.9 Å². The van der Waals surface area contributed by atoms with Gasteiger partial charge in [0.15, 0.2) is 5.88 Å². The molecule has 0 unspecified atom stereocenters. The lowest BCUT2D eigenvalue weighted by Gasteiger charge is -2.20. The number of methoxy groups -OCH3 is 1. The molecular weight excluding hydrogens is 444 g/mol. The number of nitrogens with one attached hydrogen (secondary N) is 1. The van der Waals surface area contributed by atoms with Crippen molar-refractivity contribution < 1.29 is 19.4 Å². The maximum absolute atomic E-state index is 12.0. The molecule has 4 aromatic rings. The zero-order valence-electron chi connectivity index (χ0n) is 19.5. The fourth-order valence-corrected chi connectivity index (χ4v) is 3.96. The summed E-state index contributed by atoms with van der Waals surface area (Å²) in [7, 11) is 1.32. The average Bonchev–Trinajstić information content (AvgIpc) is 3.20. The van der Waals surface area contributed by atoms with E-state index in [0.717, 1.165) is 11.3 Å². The molecule has 0 aliphatic carbocycles. The van der Waals surface area contributed by atoms with Gasteiger partial charge in [-0.2, -0.15) is 0 Å². The van der Waals surface area contributed by atoms with Crippen molar-refractivity contribution in [3.05, 3.63) is 89.5 Å². The minimum atomic E-state index is -0.464. The third kappa shape index (κ3) is 4.92. The van der Waals surface area contributed by atoms with Crippen molar-refractivity contribution in [3.63, 3.8) is 0 Å². The lowest BCUT2D eigenvalue weighted by molar-refractivity contribution is -0.116. The number of rotatable bonds is 7. The number of carbonyl (C=O) groups excluding carboxylic acids is 2. The maximum atomic E-state index is 12.0. The van der Waals surface area contributed by atoms with Gasteiger partial charge < -0.3 is 25.5 Å². The number of aromatic amines is 1. The Morgan fingerprint density at radius 1 is 1.03 bits per heavy atom. The number of amides is 1. The molecule has 0 saturated carbocycles. The van der Waals surface area contributed by atoms with Crippen LogP contribution in [0.1, 0.15) is 28.4 Å². The van der Waals surface area contributed by atoms with Crippen LogP contribution in [-0.2, 0) is 9.53 Å². The van der Waals surface area contributed by atoms with E-state index < -0.39 is 5.97 Å². The topological polar surface area (TPSA) is 121 Å². The van der Waals surface area contributed by atoms with E-state index in [1.807, 2.05) is 54.6 Å². The Hall–Kier alpha value is -4.43. The number of hydrogen-bond donors (Lipinski definition) is 3. The fourth-order valence-electron chi connectivity index (χ4n) is 3.96. The normalized spacial score (nSPS) is 11.5. The van der Waals surface area contributed by atoms with Gasteiger partial charge in [0.2, 0.25) is 5.91 Å². The van der Waals surface area contributed by atoms with Gasteiger partial charge in [-0.05, 0) is 36.4 Å². The summed E-state index contributed by atoms with van der Waals surface area (Å²) in [6, 6.07) is 21.8. The van der Waals surface area contributed by atoms with Crippen molar-refractivity contribution in [1.29, 1.82) is 0 Å². The molecule has 8 heteroatoms. The molecule has 0 aliphatic heterocycles. The van der Waals surface area contributed by atoms with Gasteiger partial charge in [0.25, 0.3) is 0 Å². The number of aromatic hydroxyl groups is 1. The highest BCUT2D eigenvalue weighted by atomic mass is 16.5. The number of aliphatic imine (C=N–C) groups is 1. The summed E-state index contributed by atoms with van der Waals surface area (Å²) >= 11 is 0. The fraction of sp³-hybridized carbons (Fsp3) is 0.148. The van der Waals surface area contributed by atoms with Crippen molar-refractivity contribution in [2.24, 2.45) is 10.7 Å². The van der Waals surface area contributed by atoms with Crippen LogP contribution in [0.15, 0.2) is 77.8 Å². The van der Waals surface area contributed by atoms with Crippen molar-refractivity contribution in [3.8, 4) is 5.88 Å². The van der Waals surface area contributed by atoms with Crippen LogP contribution in [0.5, 0.6) is 5.88 Å². The Labute approximate surface area is 202 Å². The van der Waals surface area contributed by atoms with Crippen LogP contribution >= 0.6 is 0 Å². The quantitative estimate of drug-likeness (QED) is 0.277. The van der Waals surface area contributed by atoms with Gasteiger partial charge in [-0.25, -0.2) is 9.79 Å². The smallest absolute Gasteiger partial charge is 0.337 e. The first-order chi connectivity index (χ1) is 16.9. The third-order valence-electron chi connectivity index (χ3n) is 5.62. The van der Waals surface area contributed by atoms with E-state index in [0.29, 0.717) is 46.5 Å². The predicted molar refractivity (Wildman–Crippen MR) is 137 cm³/mol. The largest absolute Gasteiger partial charge is 0.494 e. The van der Waals surface area contributed by atoms with Crippen LogP contribution in [0.4, 0.5) is 11.4 Å². The average molecular weight is 471 g/mol. The summed E-state index contributed by atoms with van der Waals surface area (Å²) in [5, 5.41) is 11.6. The molecule has 35 heavy (non-hydrogen) atoms. The van der Waals surface area contributed by atoms with Gasteiger partial charge in [0.05, 0.1) is 29.6 Å². The van der Waals surface area contributed by atoms with Crippen molar-refractivity contribution in [2.75, 3.05) is 25.1 Å². The van der Waals surface area contributed by atoms with Crippen LogP contribution < -0.4 is 10.6 Å². The number of nitrogens with two attached hydrogens (primary N) is 1. The number of H-pyrrole nitrogens is 1. The number of nitrogens with zero attached hydrogens (tertiary/aromatic N) is 2. The van der Waals surface area contributed by atoms with Crippen molar-refractivity contribution in [2.45, 2.75) is 6.92 Å². The molecule has 4 N–H and O–H groups in total. The molecule has 8 nitrogen and oxygen atoms in total. The number of ether oxygens (including phenoxy) is 1. The highest BCUT2D eigenvalue weighted by molar-refractivity contribution is 6.22. The van der Waals surface area contributed by atoms with Crippen molar-refractivity contribution in [1.82, 2.24) is 4.98 Å². The predicted octanol–water partition coefficient (Wildman–Crippen LogP) is 4.14. The van der Waals surface area contributed by atoms with Crippen LogP contribution in [0, 0.1) is 0 Å². The minimum absolute atomic E-state index is 0.0630. The van der Waals surface area contributed by atoms with Crippen LogP contribution in [0.2, 0.25) is 0 Å². The molecule has 0 atom stereocenters. The van der Waals surface area contributed by atoms with Crippen LogP contribution in [0.3, 0.4) is 0 Å². The maximum Gasteiger partial charge on any atom is 0.337 e. The zero-order chi connectivity index (χ0) is 24.9. The second kappa shape index (κ2) is 10.2. The SMILES string of the molecule is COC(=O)c1ccc2c(C(=Nc3ccc(N(CCN)C(C)=O)cc3)c3ccccc3)c(O)[nH]c2c1. The van der Waals surface area contributed by atoms with Gasteiger partial charge in [-0.1, -0.05) is 36.4 Å². The Morgan fingerprint density at radius 3 is 2.37 bits per heavy atom. The molecule has 1 aromatic heterocycles. The van der Waals surface area contributed by atoms with Gasteiger partial charge >= 0.3 is 5.97 Å². The van der Waals surface area contributed by atoms with E-state index in [4.69, 9.17) is 15.5 Å². The number of fused-ring (bicyclic) bond motifs is 1. The standard InChI is InChI=1S/C27H26N4O4/c1-17(32)31(15-14-28)21-11-9-20(10-12-21)29-25(18-6-4-3-5-7-18)24-22-13-8-19(27(34)35-2)16-23(22)30-26(24)33/h3-13,16,30,33H,14-15,28H2,1-2H3. The van der Waals surface area contributed by atoms with E-state index in [-0.39, 0.29) is 11.8 Å². The summed E-state index contributed by atoms with van der Waals surface area (Å²) in [5.74, 6) is -0.618. The molecule has 0 fully saturated rings.